The summed E-state index contributed by atoms with van der Waals surface area (Å²) in [6.07, 6.45) is 2.65. The van der Waals surface area contributed by atoms with E-state index >= 15 is 0 Å². The minimum atomic E-state index is 0.0836. The van der Waals surface area contributed by atoms with Crippen molar-refractivity contribution in [1.82, 2.24) is 4.57 Å². The fourth-order valence-electron chi connectivity index (χ4n) is 2.98. The molecule has 0 radical (unpaired) electrons. The predicted molar refractivity (Wildman–Crippen MR) is 93.6 cm³/mol. The monoisotopic (exact) mass is 312 g/mol. The highest BCUT2D eigenvalue weighted by atomic mass is 16.5. The van der Waals surface area contributed by atoms with Gasteiger partial charge in [0.1, 0.15) is 0 Å². The molecule has 0 aliphatic carbocycles. The molecule has 3 rings (SSSR count). The van der Waals surface area contributed by atoms with Gasteiger partial charge in [-0.1, -0.05) is 19.9 Å². The second-order valence-corrected chi connectivity index (χ2v) is 6.42. The van der Waals surface area contributed by atoms with Crippen LogP contribution < -0.4 is 10.5 Å². The molecular weight excluding hydrogens is 288 g/mol. The Morgan fingerprint density at radius 1 is 1.04 bits per heavy atom. The van der Waals surface area contributed by atoms with Crippen molar-refractivity contribution in [3.63, 3.8) is 0 Å². The highest BCUT2D eigenvalue weighted by Gasteiger charge is 2.11. The molecule has 0 unspecified atom stereocenters. The van der Waals surface area contributed by atoms with E-state index in [4.69, 9.17) is 4.74 Å². The number of aromatic nitrogens is 1. The molecule has 1 aliphatic rings. The molecule has 23 heavy (non-hydrogen) atoms. The van der Waals surface area contributed by atoms with Crippen molar-refractivity contribution < 1.29 is 4.74 Å². The summed E-state index contributed by atoms with van der Waals surface area (Å²) in [5.41, 5.74) is 3.06. The van der Waals surface area contributed by atoms with E-state index in [1.54, 1.807) is 4.57 Å². The Labute approximate surface area is 137 Å². The van der Waals surface area contributed by atoms with Crippen LogP contribution in [0.15, 0.2) is 47.4 Å². The Balaban J connectivity index is 1.86. The number of hydrogen-bond acceptors (Lipinski definition) is 3. The molecular formula is C19H24N2O2. The van der Waals surface area contributed by atoms with E-state index in [1.165, 1.54) is 5.69 Å². The molecule has 0 amide bonds. The van der Waals surface area contributed by atoms with Gasteiger partial charge in [0.15, 0.2) is 0 Å². The SMILES string of the molecule is CC(C)Cc1cccn(-c2ccc(N3CCOCC3)cc2)c1=O. The van der Waals surface area contributed by atoms with Gasteiger partial charge in [-0.2, -0.15) is 0 Å². The van der Waals surface area contributed by atoms with Gasteiger partial charge < -0.3 is 9.64 Å². The van der Waals surface area contributed by atoms with Crippen LogP contribution in [0.3, 0.4) is 0 Å². The number of nitrogens with zero attached hydrogens (tertiary/aromatic N) is 2. The van der Waals surface area contributed by atoms with Crippen LogP contribution in [-0.4, -0.2) is 30.9 Å². The Bertz CT molecular complexity index is 698. The molecule has 0 N–H and O–H groups in total. The number of benzene rings is 1. The smallest absolute Gasteiger partial charge is 0.258 e. The van der Waals surface area contributed by atoms with Gasteiger partial charge in [-0.05, 0) is 42.7 Å². The van der Waals surface area contributed by atoms with Gasteiger partial charge in [-0.3, -0.25) is 9.36 Å². The van der Waals surface area contributed by atoms with Gasteiger partial charge >= 0.3 is 0 Å². The summed E-state index contributed by atoms with van der Waals surface area (Å²) in [6.45, 7) is 7.66. The minimum Gasteiger partial charge on any atom is -0.378 e. The molecule has 4 heteroatoms. The lowest BCUT2D eigenvalue weighted by Crippen LogP contribution is -2.36. The van der Waals surface area contributed by atoms with Gasteiger partial charge in [0, 0.05) is 36.2 Å². The average Bonchev–Trinajstić information content (AvgIpc) is 2.57. The maximum Gasteiger partial charge on any atom is 0.258 e. The van der Waals surface area contributed by atoms with Crippen molar-refractivity contribution >= 4 is 5.69 Å². The van der Waals surface area contributed by atoms with Crippen molar-refractivity contribution in [1.29, 1.82) is 0 Å². The number of rotatable bonds is 4. The Hall–Kier alpha value is -2.07. The van der Waals surface area contributed by atoms with E-state index in [-0.39, 0.29) is 5.56 Å². The summed E-state index contributed by atoms with van der Waals surface area (Å²) in [4.78, 5) is 14.9. The molecule has 2 aromatic rings. The first-order valence-corrected chi connectivity index (χ1v) is 8.29. The van der Waals surface area contributed by atoms with E-state index < -0.39 is 0 Å². The largest absolute Gasteiger partial charge is 0.378 e. The summed E-state index contributed by atoms with van der Waals surface area (Å²) in [6, 6.07) is 12.1. The van der Waals surface area contributed by atoms with E-state index in [0.29, 0.717) is 5.92 Å². The third-order valence-corrected chi connectivity index (χ3v) is 4.16. The average molecular weight is 312 g/mol. The van der Waals surface area contributed by atoms with Crippen LogP contribution in [-0.2, 0) is 11.2 Å². The van der Waals surface area contributed by atoms with Crippen LogP contribution in [0, 0.1) is 5.92 Å². The zero-order valence-corrected chi connectivity index (χ0v) is 13.9. The molecule has 0 atom stereocenters. The van der Waals surface area contributed by atoms with Crippen LogP contribution in [0.25, 0.3) is 5.69 Å². The zero-order chi connectivity index (χ0) is 16.2. The lowest BCUT2D eigenvalue weighted by molar-refractivity contribution is 0.122. The van der Waals surface area contributed by atoms with Crippen LogP contribution in [0.1, 0.15) is 19.4 Å². The van der Waals surface area contributed by atoms with Crippen molar-refractivity contribution in [2.75, 3.05) is 31.2 Å². The molecule has 4 nitrogen and oxygen atoms in total. The molecule has 1 aromatic carbocycles. The van der Waals surface area contributed by atoms with E-state index in [0.717, 1.165) is 44.0 Å². The van der Waals surface area contributed by atoms with Crippen molar-refractivity contribution in [2.45, 2.75) is 20.3 Å². The first-order valence-electron chi connectivity index (χ1n) is 8.29. The zero-order valence-electron chi connectivity index (χ0n) is 13.9. The fraction of sp³-hybridized carbons (Fsp3) is 0.421. The van der Waals surface area contributed by atoms with Crippen LogP contribution >= 0.6 is 0 Å². The van der Waals surface area contributed by atoms with E-state index in [9.17, 15) is 4.79 Å². The standard InChI is InChI=1S/C19H24N2O2/c1-15(2)14-16-4-3-9-21(19(16)22)18-7-5-17(6-8-18)20-10-12-23-13-11-20/h3-9,15H,10-14H2,1-2H3. The highest BCUT2D eigenvalue weighted by molar-refractivity contribution is 5.51. The third-order valence-electron chi connectivity index (χ3n) is 4.16. The lowest BCUT2D eigenvalue weighted by atomic mass is 10.0. The summed E-state index contributed by atoms with van der Waals surface area (Å²) >= 11 is 0. The summed E-state index contributed by atoms with van der Waals surface area (Å²) < 4.78 is 7.12. The van der Waals surface area contributed by atoms with Crippen LogP contribution in [0.5, 0.6) is 0 Å². The quantitative estimate of drug-likeness (QED) is 0.870. The summed E-state index contributed by atoms with van der Waals surface area (Å²) in [7, 11) is 0. The molecule has 2 heterocycles. The first-order chi connectivity index (χ1) is 11.1. The number of anilines is 1. The first kappa shape index (κ1) is 15.8. The van der Waals surface area contributed by atoms with Gasteiger partial charge in [-0.25, -0.2) is 0 Å². The van der Waals surface area contributed by atoms with Crippen molar-refractivity contribution in [3.8, 4) is 5.69 Å². The van der Waals surface area contributed by atoms with Crippen LogP contribution in [0.4, 0.5) is 5.69 Å². The van der Waals surface area contributed by atoms with E-state index in [1.807, 2.05) is 30.5 Å². The molecule has 1 aliphatic heterocycles. The minimum absolute atomic E-state index is 0.0836. The number of pyridine rings is 1. The number of hydrogen-bond donors (Lipinski definition) is 0. The molecule has 1 aromatic heterocycles. The normalized spacial score (nSPS) is 15.2. The molecule has 122 valence electrons. The predicted octanol–water partition coefficient (Wildman–Crippen LogP) is 2.87. The van der Waals surface area contributed by atoms with Crippen molar-refractivity contribution in [2.24, 2.45) is 5.92 Å². The van der Waals surface area contributed by atoms with Gasteiger partial charge in [0.2, 0.25) is 0 Å². The maximum absolute atomic E-state index is 12.6. The Morgan fingerprint density at radius 3 is 2.35 bits per heavy atom. The topological polar surface area (TPSA) is 34.5 Å². The summed E-state index contributed by atoms with van der Waals surface area (Å²) in [5.74, 6) is 0.474. The van der Waals surface area contributed by atoms with Gasteiger partial charge in [-0.15, -0.1) is 0 Å². The second kappa shape index (κ2) is 7.01. The fourth-order valence-corrected chi connectivity index (χ4v) is 2.98. The Kier molecular flexibility index (Phi) is 4.82. The highest BCUT2D eigenvalue weighted by Crippen LogP contribution is 2.18. The molecule has 1 fully saturated rings. The summed E-state index contributed by atoms with van der Waals surface area (Å²) in [5, 5.41) is 0. The van der Waals surface area contributed by atoms with Gasteiger partial charge in [0.05, 0.1) is 13.2 Å². The Morgan fingerprint density at radius 2 is 1.70 bits per heavy atom. The maximum atomic E-state index is 12.6. The molecule has 0 bridgehead atoms. The number of morpholine rings is 1. The van der Waals surface area contributed by atoms with Crippen molar-refractivity contribution in [3.05, 3.63) is 58.5 Å². The van der Waals surface area contributed by atoms with Crippen LogP contribution in [0.2, 0.25) is 0 Å². The van der Waals surface area contributed by atoms with E-state index in [2.05, 4.69) is 30.9 Å². The lowest BCUT2D eigenvalue weighted by Gasteiger charge is -2.29. The second-order valence-electron chi connectivity index (χ2n) is 6.42. The third kappa shape index (κ3) is 3.64. The number of ether oxygens (including phenoxy) is 1. The molecule has 0 spiro atoms. The molecule has 1 saturated heterocycles. The van der Waals surface area contributed by atoms with Gasteiger partial charge in [0.25, 0.3) is 5.56 Å². The molecule has 0 saturated carbocycles.